The minimum absolute atomic E-state index is 0.416. The summed E-state index contributed by atoms with van der Waals surface area (Å²) in [7, 11) is 1.81. The van der Waals surface area contributed by atoms with Gasteiger partial charge in [-0.1, -0.05) is 77.9 Å². The maximum absolute atomic E-state index is 5.95. The van der Waals surface area contributed by atoms with Gasteiger partial charge in [0.1, 0.15) is 5.75 Å². The molecule has 0 bridgehead atoms. The first-order chi connectivity index (χ1) is 10.9. The Labute approximate surface area is 141 Å². The molecule has 2 rings (SSSR count). The maximum Gasteiger partial charge on any atom is 0.126 e. The number of rotatable bonds is 5. The lowest BCUT2D eigenvalue weighted by Gasteiger charge is -2.26. The van der Waals surface area contributed by atoms with E-state index in [-0.39, 0.29) is 0 Å². The molecule has 0 heterocycles. The smallest absolute Gasteiger partial charge is 0.126 e. The van der Waals surface area contributed by atoms with Gasteiger partial charge in [-0.05, 0) is 34.4 Å². The molecule has 0 atom stereocenters. The summed E-state index contributed by atoms with van der Waals surface area (Å²) in [5.74, 6) is 2.42. The van der Waals surface area contributed by atoms with Gasteiger partial charge in [0, 0.05) is 11.1 Å². The van der Waals surface area contributed by atoms with Crippen molar-refractivity contribution in [2.75, 3.05) is 7.11 Å². The van der Waals surface area contributed by atoms with Crippen LogP contribution in [0.3, 0.4) is 0 Å². The van der Waals surface area contributed by atoms with E-state index in [0.29, 0.717) is 17.8 Å². The minimum Gasteiger partial charge on any atom is -0.496 e. The third-order valence-corrected chi connectivity index (χ3v) is 4.46. The highest BCUT2D eigenvalue weighted by Crippen LogP contribution is 2.45. The highest BCUT2D eigenvalue weighted by molar-refractivity contribution is 5.74. The van der Waals surface area contributed by atoms with Crippen molar-refractivity contribution >= 4 is 0 Å². The summed E-state index contributed by atoms with van der Waals surface area (Å²) in [4.78, 5) is 0. The van der Waals surface area contributed by atoms with Gasteiger partial charge in [0.25, 0.3) is 0 Å². The van der Waals surface area contributed by atoms with E-state index in [9.17, 15) is 0 Å². The largest absolute Gasteiger partial charge is 0.496 e. The van der Waals surface area contributed by atoms with Gasteiger partial charge in [0.15, 0.2) is 0 Å². The summed E-state index contributed by atoms with van der Waals surface area (Å²) in [5.41, 5.74) is 6.68. The molecule has 2 aromatic carbocycles. The first kappa shape index (κ1) is 17.6. The Balaban J connectivity index is 2.89. The number of hydrogen-bond acceptors (Lipinski definition) is 1. The highest BCUT2D eigenvalue weighted by Gasteiger charge is 2.24. The van der Waals surface area contributed by atoms with Crippen molar-refractivity contribution in [1.82, 2.24) is 0 Å². The second kappa shape index (κ2) is 7.21. The lowest BCUT2D eigenvalue weighted by atomic mass is 9.81. The molecule has 1 nitrogen and oxygen atoms in total. The van der Waals surface area contributed by atoms with Crippen molar-refractivity contribution < 1.29 is 4.74 Å². The average Bonchev–Trinajstić information content (AvgIpc) is 2.52. The maximum atomic E-state index is 5.95. The van der Waals surface area contributed by atoms with Crippen LogP contribution >= 0.6 is 0 Å². The summed E-state index contributed by atoms with van der Waals surface area (Å²) in [5, 5.41) is 0. The Morgan fingerprint density at radius 2 is 1.30 bits per heavy atom. The van der Waals surface area contributed by atoms with Gasteiger partial charge in [-0.2, -0.15) is 0 Å². The van der Waals surface area contributed by atoms with Crippen LogP contribution in [0.2, 0.25) is 0 Å². The van der Waals surface area contributed by atoms with Gasteiger partial charge in [0.05, 0.1) is 7.11 Å². The molecule has 0 unspecified atom stereocenters. The van der Waals surface area contributed by atoms with Crippen LogP contribution < -0.4 is 4.74 Å². The Morgan fingerprint density at radius 1 is 0.739 bits per heavy atom. The Bertz CT molecular complexity index is 651. The van der Waals surface area contributed by atoms with Gasteiger partial charge in [0.2, 0.25) is 0 Å². The molecular formula is C22H30O. The number of hydrogen-bond donors (Lipinski definition) is 0. The van der Waals surface area contributed by atoms with Crippen LogP contribution in [0, 0.1) is 0 Å². The lowest BCUT2D eigenvalue weighted by molar-refractivity contribution is 0.399. The lowest BCUT2D eigenvalue weighted by Crippen LogP contribution is -2.08. The van der Waals surface area contributed by atoms with E-state index in [1.807, 2.05) is 7.11 Å². The van der Waals surface area contributed by atoms with E-state index in [4.69, 9.17) is 4.74 Å². The van der Waals surface area contributed by atoms with Crippen molar-refractivity contribution in [3.05, 3.63) is 53.1 Å². The fourth-order valence-corrected chi connectivity index (χ4v) is 3.43. The third-order valence-electron chi connectivity index (χ3n) is 4.46. The van der Waals surface area contributed by atoms with E-state index in [2.05, 4.69) is 77.9 Å². The molecule has 0 radical (unpaired) electrons. The first-order valence-electron chi connectivity index (χ1n) is 8.68. The van der Waals surface area contributed by atoms with Crippen LogP contribution in [0.5, 0.6) is 5.75 Å². The molecule has 0 fully saturated rings. The molecular weight excluding hydrogens is 280 g/mol. The monoisotopic (exact) mass is 310 g/mol. The Morgan fingerprint density at radius 3 is 1.74 bits per heavy atom. The zero-order valence-electron chi connectivity index (χ0n) is 15.6. The molecule has 23 heavy (non-hydrogen) atoms. The summed E-state index contributed by atoms with van der Waals surface area (Å²) >= 11 is 0. The summed E-state index contributed by atoms with van der Waals surface area (Å²) in [6.45, 7) is 13.6. The van der Waals surface area contributed by atoms with Gasteiger partial charge < -0.3 is 4.74 Å². The summed E-state index contributed by atoms with van der Waals surface area (Å²) < 4.78 is 5.95. The molecule has 0 aliphatic carbocycles. The summed E-state index contributed by atoms with van der Waals surface area (Å²) in [6.07, 6.45) is 0. The van der Waals surface area contributed by atoms with Crippen LogP contribution in [0.1, 0.15) is 76.0 Å². The molecule has 0 saturated heterocycles. The second-order valence-electron chi connectivity index (χ2n) is 7.20. The predicted octanol–water partition coefficient (Wildman–Crippen LogP) is 6.73. The third kappa shape index (κ3) is 3.44. The van der Waals surface area contributed by atoms with Crippen molar-refractivity contribution in [1.29, 1.82) is 0 Å². The van der Waals surface area contributed by atoms with Gasteiger partial charge in [-0.15, -0.1) is 0 Å². The quantitative estimate of drug-likeness (QED) is 0.594. The molecule has 0 aliphatic rings. The first-order valence-corrected chi connectivity index (χ1v) is 8.68. The van der Waals surface area contributed by atoms with Crippen molar-refractivity contribution in [2.45, 2.75) is 59.3 Å². The number of ether oxygens (including phenoxy) is 1. The van der Waals surface area contributed by atoms with Gasteiger partial charge in [-0.3, -0.25) is 0 Å². The zero-order chi connectivity index (χ0) is 17.1. The molecule has 1 heteroatoms. The minimum atomic E-state index is 0.416. The molecule has 0 saturated carbocycles. The Kier molecular flexibility index (Phi) is 5.51. The van der Waals surface area contributed by atoms with E-state index in [1.165, 1.54) is 27.8 Å². The van der Waals surface area contributed by atoms with Gasteiger partial charge in [-0.25, -0.2) is 0 Å². The van der Waals surface area contributed by atoms with E-state index < -0.39 is 0 Å². The van der Waals surface area contributed by atoms with E-state index in [1.54, 1.807) is 0 Å². The standard InChI is InChI=1S/C22H30O/c1-14(2)18-13-19(17-11-9-8-10-12-17)21(16(5)6)22(23-7)20(18)15(3)4/h8-16H,1-7H3. The predicted molar refractivity (Wildman–Crippen MR) is 101 cm³/mol. The molecule has 2 aromatic rings. The van der Waals surface area contributed by atoms with Crippen molar-refractivity contribution in [3.8, 4) is 16.9 Å². The molecule has 0 N–H and O–H groups in total. The molecule has 0 spiro atoms. The van der Waals surface area contributed by atoms with Crippen LogP contribution in [0.4, 0.5) is 0 Å². The van der Waals surface area contributed by atoms with Crippen LogP contribution in [-0.4, -0.2) is 7.11 Å². The average molecular weight is 310 g/mol. The van der Waals surface area contributed by atoms with E-state index in [0.717, 1.165) is 5.75 Å². The zero-order valence-corrected chi connectivity index (χ0v) is 15.6. The van der Waals surface area contributed by atoms with Crippen LogP contribution in [0.25, 0.3) is 11.1 Å². The number of benzene rings is 2. The van der Waals surface area contributed by atoms with Crippen LogP contribution in [-0.2, 0) is 0 Å². The molecule has 0 aliphatic heterocycles. The molecule has 0 aromatic heterocycles. The van der Waals surface area contributed by atoms with Crippen molar-refractivity contribution in [3.63, 3.8) is 0 Å². The second-order valence-corrected chi connectivity index (χ2v) is 7.20. The topological polar surface area (TPSA) is 9.23 Å². The molecule has 124 valence electrons. The summed E-state index contributed by atoms with van der Waals surface area (Å²) in [6, 6.07) is 13.1. The van der Waals surface area contributed by atoms with Crippen molar-refractivity contribution in [2.24, 2.45) is 0 Å². The Hall–Kier alpha value is -1.76. The molecule has 0 amide bonds. The van der Waals surface area contributed by atoms with Crippen LogP contribution in [0.15, 0.2) is 36.4 Å². The number of methoxy groups -OCH3 is 1. The highest BCUT2D eigenvalue weighted by atomic mass is 16.5. The van der Waals surface area contributed by atoms with Gasteiger partial charge >= 0.3 is 0 Å². The fraction of sp³-hybridized carbons (Fsp3) is 0.455. The SMILES string of the molecule is COc1c(C(C)C)c(-c2ccccc2)cc(C(C)C)c1C(C)C. The fourth-order valence-electron chi connectivity index (χ4n) is 3.43. The van der Waals surface area contributed by atoms with E-state index >= 15 is 0 Å². The normalized spacial score (nSPS) is 11.6.